The van der Waals surface area contributed by atoms with Crippen LogP contribution in [0.2, 0.25) is 0 Å². The summed E-state index contributed by atoms with van der Waals surface area (Å²) in [7, 11) is 0. The molecule has 0 N–H and O–H groups in total. The summed E-state index contributed by atoms with van der Waals surface area (Å²) in [5, 5.41) is 8.57. The van der Waals surface area contributed by atoms with Crippen LogP contribution in [0.3, 0.4) is 0 Å². The van der Waals surface area contributed by atoms with Crippen LogP contribution in [0.1, 0.15) is 94.8 Å². The average Bonchev–Trinajstić information content (AvgIpc) is 2.99. The third-order valence-electron chi connectivity index (χ3n) is 6.54. The summed E-state index contributed by atoms with van der Waals surface area (Å²) in [6, 6.07) is 21.6. The van der Waals surface area contributed by atoms with E-state index in [0.717, 1.165) is 36.6 Å². The van der Waals surface area contributed by atoms with Gasteiger partial charge in [-0.25, -0.2) is 4.79 Å². The highest BCUT2D eigenvalue weighted by Gasteiger charge is 2.09. The summed E-state index contributed by atoms with van der Waals surface area (Å²) in [6.45, 7) is 5.87. The minimum atomic E-state index is -0.427. The Morgan fingerprint density at radius 1 is 0.525 bits per heavy atom. The van der Waals surface area contributed by atoms with Gasteiger partial charge in [-0.05, 0) is 85.6 Å². The van der Waals surface area contributed by atoms with E-state index >= 15 is 0 Å². The van der Waals surface area contributed by atoms with Crippen LogP contribution in [0.4, 0.5) is 11.4 Å². The fraction of sp³-hybridized carbons (Fsp3) is 0.441. The molecule has 0 heterocycles. The third kappa shape index (κ3) is 12.0. The number of benzene rings is 3. The summed E-state index contributed by atoms with van der Waals surface area (Å²) in [4.78, 5) is 12.5. The molecule has 0 aliphatic rings. The van der Waals surface area contributed by atoms with Gasteiger partial charge >= 0.3 is 5.97 Å². The smallest absolute Gasteiger partial charge is 0.343 e. The van der Waals surface area contributed by atoms with Crippen molar-refractivity contribution in [1.82, 2.24) is 0 Å². The molecule has 0 saturated heterocycles. The van der Waals surface area contributed by atoms with Crippen molar-refractivity contribution < 1.29 is 19.0 Å². The third-order valence-corrected chi connectivity index (χ3v) is 6.54. The lowest BCUT2D eigenvalue weighted by molar-refractivity contribution is 0.0734. The largest absolute Gasteiger partial charge is 0.494 e. The Balaban J connectivity index is 1.38. The molecule has 0 fully saturated rings. The molecule has 214 valence electrons. The molecule has 0 amide bonds. The summed E-state index contributed by atoms with van der Waals surface area (Å²) in [5.74, 6) is 1.67. The minimum absolute atomic E-state index is 0.427. The summed E-state index contributed by atoms with van der Waals surface area (Å²) in [6.07, 6.45) is 13.5. The molecule has 3 aromatic carbocycles. The summed E-state index contributed by atoms with van der Waals surface area (Å²) >= 11 is 0. The van der Waals surface area contributed by atoms with Gasteiger partial charge in [-0.1, -0.05) is 71.6 Å². The quantitative estimate of drug-likeness (QED) is 0.0651. The topological polar surface area (TPSA) is 69.5 Å². The first-order valence-electron chi connectivity index (χ1n) is 14.9. The molecule has 3 aromatic rings. The van der Waals surface area contributed by atoms with Crippen LogP contribution in [-0.2, 0) is 0 Å². The first-order chi connectivity index (χ1) is 19.7. The molecule has 0 atom stereocenters. The molecule has 0 saturated carbocycles. The van der Waals surface area contributed by atoms with E-state index in [4.69, 9.17) is 14.2 Å². The lowest BCUT2D eigenvalue weighted by Gasteiger charge is -2.08. The Kier molecular flexibility index (Phi) is 14.3. The number of carbonyl (C=O) groups is 1. The maximum Gasteiger partial charge on any atom is 0.343 e. The first-order valence-corrected chi connectivity index (χ1v) is 14.9. The van der Waals surface area contributed by atoms with E-state index in [9.17, 15) is 4.79 Å². The number of unbranched alkanes of at least 4 members (excludes halogenated alkanes) is 9. The van der Waals surface area contributed by atoms with Crippen molar-refractivity contribution >= 4 is 17.3 Å². The lowest BCUT2D eigenvalue weighted by Crippen LogP contribution is -2.08. The minimum Gasteiger partial charge on any atom is -0.494 e. The van der Waals surface area contributed by atoms with Crippen LogP contribution in [-0.4, -0.2) is 19.2 Å². The highest BCUT2D eigenvalue weighted by molar-refractivity contribution is 5.91. The zero-order chi connectivity index (χ0) is 28.3. The van der Waals surface area contributed by atoms with Gasteiger partial charge in [0.15, 0.2) is 0 Å². The van der Waals surface area contributed by atoms with Crippen LogP contribution in [0.25, 0.3) is 0 Å². The molecular formula is C34H44N2O4. The molecule has 40 heavy (non-hydrogen) atoms. The van der Waals surface area contributed by atoms with Crippen LogP contribution in [0, 0.1) is 0 Å². The molecule has 0 unspecified atom stereocenters. The Morgan fingerprint density at radius 2 is 0.925 bits per heavy atom. The summed E-state index contributed by atoms with van der Waals surface area (Å²) in [5.41, 5.74) is 1.83. The monoisotopic (exact) mass is 544 g/mol. The second-order valence-corrected chi connectivity index (χ2v) is 9.98. The van der Waals surface area contributed by atoms with Crippen molar-refractivity contribution in [3.8, 4) is 17.2 Å². The number of hydrogen-bond acceptors (Lipinski definition) is 6. The Labute approximate surface area is 239 Å². The van der Waals surface area contributed by atoms with E-state index in [0.29, 0.717) is 23.6 Å². The van der Waals surface area contributed by atoms with Crippen molar-refractivity contribution in [3.05, 3.63) is 78.4 Å². The normalized spacial score (nSPS) is 11.1. The van der Waals surface area contributed by atoms with Gasteiger partial charge in [-0.2, -0.15) is 10.2 Å². The van der Waals surface area contributed by atoms with Crippen LogP contribution in [0.15, 0.2) is 83.0 Å². The fourth-order valence-corrected chi connectivity index (χ4v) is 4.13. The SMILES string of the molecule is CCCCCCCCCOc1ccc(N=Nc2ccc(C(=O)Oc3ccc(OCCCCCC)cc3)cc2)cc1. The molecule has 0 spiro atoms. The highest BCUT2D eigenvalue weighted by Crippen LogP contribution is 2.23. The molecule has 0 radical (unpaired) electrons. The van der Waals surface area contributed by atoms with Gasteiger partial charge in [-0.3, -0.25) is 0 Å². The summed E-state index contributed by atoms with van der Waals surface area (Å²) < 4.78 is 17.1. The predicted octanol–water partition coefficient (Wildman–Crippen LogP) is 10.4. The zero-order valence-electron chi connectivity index (χ0n) is 24.1. The Hall–Kier alpha value is -3.67. The number of carbonyl (C=O) groups excluding carboxylic acids is 1. The van der Waals surface area contributed by atoms with Crippen LogP contribution in [0.5, 0.6) is 17.2 Å². The Morgan fingerprint density at radius 3 is 1.45 bits per heavy atom. The molecule has 6 nitrogen and oxygen atoms in total. The van der Waals surface area contributed by atoms with Gasteiger partial charge in [0, 0.05) is 0 Å². The second kappa shape index (κ2) is 18.6. The van der Waals surface area contributed by atoms with Crippen LogP contribution < -0.4 is 14.2 Å². The maximum absolute atomic E-state index is 12.5. The molecule has 6 heteroatoms. The molecule has 0 bridgehead atoms. The second-order valence-electron chi connectivity index (χ2n) is 9.98. The molecule has 3 rings (SSSR count). The predicted molar refractivity (Wildman–Crippen MR) is 162 cm³/mol. The van der Waals surface area contributed by atoms with E-state index < -0.39 is 5.97 Å². The van der Waals surface area contributed by atoms with E-state index in [1.807, 2.05) is 36.4 Å². The number of esters is 1. The Bertz CT molecular complexity index is 1130. The van der Waals surface area contributed by atoms with Crippen molar-refractivity contribution in [2.75, 3.05) is 13.2 Å². The maximum atomic E-state index is 12.5. The number of hydrogen-bond donors (Lipinski definition) is 0. The molecule has 0 aliphatic heterocycles. The van der Waals surface area contributed by atoms with Gasteiger partial charge in [-0.15, -0.1) is 0 Å². The van der Waals surface area contributed by atoms with Crippen molar-refractivity contribution in [2.45, 2.75) is 84.5 Å². The first kappa shape index (κ1) is 30.9. The van der Waals surface area contributed by atoms with Gasteiger partial charge < -0.3 is 14.2 Å². The van der Waals surface area contributed by atoms with Gasteiger partial charge in [0.2, 0.25) is 0 Å². The van der Waals surface area contributed by atoms with Crippen molar-refractivity contribution in [3.63, 3.8) is 0 Å². The van der Waals surface area contributed by atoms with E-state index in [2.05, 4.69) is 24.1 Å². The number of nitrogens with zero attached hydrogens (tertiary/aromatic N) is 2. The van der Waals surface area contributed by atoms with Crippen molar-refractivity contribution in [2.24, 2.45) is 10.2 Å². The standard InChI is InChI=1S/C34H44N2O4/c1-3-5-7-9-10-11-13-27-38-31-20-18-30(19-21-31)36-35-29-16-14-28(15-17-29)34(37)40-33-24-22-32(23-25-33)39-26-12-8-6-4-2/h14-25H,3-13,26-27H2,1-2H3. The highest BCUT2D eigenvalue weighted by atomic mass is 16.5. The van der Waals surface area contributed by atoms with E-state index in [1.54, 1.807) is 36.4 Å². The van der Waals surface area contributed by atoms with Crippen molar-refractivity contribution in [1.29, 1.82) is 0 Å². The van der Waals surface area contributed by atoms with E-state index in [1.165, 1.54) is 57.8 Å². The number of azo groups is 1. The van der Waals surface area contributed by atoms with Crippen LogP contribution >= 0.6 is 0 Å². The molecule has 0 aromatic heterocycles. The molecule has 0 aliphatic carbocycles. The number of rotatable bonds is 19. The van der Waals surface area contributed by atoms with Gasteiger partial charge in [0.1, 0.15) is 17.2 Å². The van der Waals surface area contributed by atoms with Gasteiger partial charge in [0.25, 0.3) is 0 Å². The lowest BCUT2D eigenvalue weighted by atomic mass is 10.1. The zero-order valence-corrected chi connectivity index (χ0v) is 24.1. The van der Waals surface area contributed by atoms with Gasteiger partial charge in [0.05, 0.1) is 30.2 Å². The average molecular weight is 545 g/mol. The fourth-order valence-electron chi connectivity index (χ4n) is 4.13. The molecular weight excluding hydrogens is 500 g/mol. The van der Waals surface area contributed by atoms with E-state index in [-0.39, 0.29) is 0 Å². The number of ether oxygens (including phenoxy) is 3.